The van der Waals surface area contributed by atoms with E-state index in [4.69, 9.17) is 0 Å². The van der Waals surface area contributed by atoms with Gasteiger partial charge in [0.1, 0.15) is 0 Å². The Morgan fingerprint density at radius 2 is 1.89 bits per heavy atom. The van der Waals surface area contributed by atoms with Crippen LogP contribution in [0.2, 0.25) is 0 Å². The predicted octanol–water partition coefficient (Wildman–Crippen LogP) is 1.67. The highest BCUT2D eigenvalue weighted by Gasteiger charge is 2.49. The summed E-state index contributed by atoms with van der Waals surface area (Å²) in [5.41, 5.74) is 1.09. The molecule has 3 fully saturated rings. The van der Waals surface area contributed by atoms with Crippen LogP contribution in [0.1, 0.15) is 44.1 Å². The van der Waals surface area contributed by atoms with E-state index in [0.717, 1.165) is 45.4 Å². The first-order valence-corrected chi connectivity index (χ1v) is 10.0. The molecule has 1 aliphatic carbocycles. The van der Waals surface area contributed by atoms with Gasteiger partial charge in [0.25, 0.3) is 0 Å². The number of likely N-dealkylation sites (tertiary alicyclic amines) is 1. The normalized spacial score (nSPS) is 27.6. The van der Waals surface area contributed by atoms with Gasteiger partial charge >= 0.3 is 5.97 Å². The molecule has 27 heavy (non-hydrogen) atoms. The van der Waals surface area contributed by atoms with E-state index in [1.807, 2.05) is 6.07 Å². The average molecular weight is 371 g/mol. The topological polar surface area (TPSA) is 72.9 Å². The van der Waals surface area contributed by atoms with E-state index in [1.54, 1.807) is 6.92 Å². The Balaban J connectivity index is 1.39. The SMILES string of the molecule is CC(=O)N(C1CCN(C2(CC(=O)O)CNC2)CC1)[C@@H]1CC1c1ccccc1. The fraction of sp³-hybridized carbons (Fsp3) is 0.619. The molecule has 2 aliphatic heterocycles. The molecule has 1 aromatic carbocycles. The molecule has 2 saturated heterocycles. The zero-order chi connectivity index (χ0) is 19.0. The maximum atomic E-state index is 12.4. The summed E-state index contributed by atoms with van der Waals surface area (Å²) in [6, 6.07) is 11.1. The first-order chi connectivity index (χ1) is 13.0. The van der Waals surface area contributed by atoms with Crippen LogP contribution in [0.15, 0.2) is 30.3 Å². The van der Waals surface area contributed by atoms with Crippen LogP contribution in [-0.2, 0) is 9.59 Å². The van der Waals surface area contributed by atoms with Crippen molar-refractivity contribution in [2.45, 2.75) is 56.1 Å². The lowest BCUT2D eigenvalue weighted by Gasteiger charge is -2.53. The van der Waals surface area contributed by atoms with Crippen molar-refractivity contribution in [2.24, 2.45) is 0 Å². The zero-order valence-electron chi connectivity index (χ0n) is 15.9. The number of rotatable bonds is 6. The summed E-state index contributed by atoms with van der Waals surface area (Å²) in [4.78, 5) is 28.2. The largest absolute Gasteiger partial charge is 0.481 e. The molecule has 0 spiro atoms. The van der Waals surface area contributed by atoms with Crippen LogP contribution in [-0.4, -0.2) is 70.6 Å². The van der Waals surface area contributed by atoms with Crippen LogP contribution in [0.25, 0.3) is 0 Å². The Morgan fingerprint density at radius 1 is 1.22 bits per heavy atom. The summed E-state index contributed by atoms with van der Waals surface area (Å²) in [5.74, 6) is -0.0996. The highest BCUT2D eigenvalue weighted by atomic mass is 16.4. The molecular formula is C21H29N3O3. The number of aliphatic carboxylic acids is 1. The lowest BCUT2D eigenvalue weighted by atomic mass is 9.84. The maximum Gasteiger partial charge on any atom is 0.305 e. The zero-order valence-corrected chi connectivity index (χ0v) is 15.9. The second-order valence-electron chi connectivity index (χ2n) is 8.36. The van der Waals surface area contributed by atoms with Crippen LogP contribution in [0.3, 0.4) is 0 Å². The van der Waals surface area contributed by atoms with E-state index in [2.05, 4.69) is 39.4 Å². The number of benzene rings is 1. The number of carbonyl (C=O) groups excluding carboxylic acids is 1. The number of piperidine rings is 1. The minimum absolute atomic E-state index is 0.169. The predicted molar refractivity (Wildman–Crippen MR) is 103 cm³/mol. The molecule has 2 heterocycles. The molecule has 146 valence electrons. The minimum Gasteiger partial charge on any atom is -0.481 e. The van der Waals surface area contributed by atoms with Crippen molar-refractivity contribution in [1.82, 2.24) is 15.1 Å². The van der Waals surface area contributed by atoms with Gasteiger partial charge in [0, 0.05) is 51.1 Å². The lowest BCUT2D eigenvalue weighted by Crippen LogP contribution is -2.71. The van der Waals surface area contributed by atoms with Crippen LogP contribution >= 0.6 is 0 Å². The first-order valence-electron chi connectivity index (χ1n) is 10.0. The summed E-state index contributed by atoms with van der Waals surface area (Å²) in [6.07, 6.45) is 3.11. The molecule has 6 heteroatoms. The van der Waals surface area contributed by atoms with Crippen molar-refractivity contribution >= 4 is 11.9 Å². The van der Waals surface area contributed by atoms with Crippen molar-refractivity contribution in [3.8, 4) is 0 Å². The Morgan fingerprint density at radius 3 is 2.41 bits per heavy atom. The van der Waals surface area contributed by atoms with Gasteiger partial charge in [-0.05, 0) is 24.8 Å². The average Bonchev–Trinajstić information content (AvgIpc) is 3.39. The monoisotopic (exact) mass is 371 g/mol. The third-order valence-electron chi connectivity index (χ3n) is 6.62. The summed E-state index contributed by atoms with van der Waals surface area (Å²) in [5, 5.41) is 12.5. The Labute approximate surface area is 160 Å². The Bertz CT molecular complexity index is 696. The van der Waals surface area contributed by atoms with Crippen molar-refractivity contribution in [3.63, 3.8) is 0 Å². The smallest absolute Gasteiger partial charge is 0.305 e. The number of carbonyl (C=O) groups is 2. The van der Waals surface area contributed by atoms with E-state index in [0.29, 0.717) is 12.0 Å². The molecule has 1 amide bonds. The van der Waals surface area contributed by atoms with Gasteiger partial charge in [-0.15, -0.1) is 0 Å². The molecule has 2 atom stereocenters. The second kappa shape index (κ2) is 7.24. The molecule has 3 aliphatic rings. The molecule has 6 nitrogen and oxygen atoms in total. The summed E-state index contributed by atoms with van der Waals surface area (Å²) < 4.78 is 0. The van der Waals surface area contributed by atoms with Gasteiger partial charge in [0.05, 0.1) is 12.0 Å². The molecule has 2 N–H and O–H groups in total. The van der Waals surface area contributed by atoms with Gasteiger partial charge in [-0.1, -0.05) is 30.3 Å². The molecule has 1 saturated carbocycles. The molecule has 0 aromatic heterocycles. The number of carboxylic acid groups (broad SMARTS) is 1. The summed E-state index contributed by atoms with van der Waals surface area (Å²) in [7, 11) is 0. The van der Waals surface area contributed by atoms with E-state index in [-0.39, 0.29) is 23.9 Å². The van der Waals surface area contributed by atoms with Crippen molar-refractivity contribution in [2.75, 3.05) is 26.2 Å². The fourth-order valence-electron chi connectivity index (χ4n) is 5.08. The summed E-state index contributed by atoms with van der Waals surface area (Å²) >= 11 is 0. The molecule has 0 radical (unpaired) electrons. The van der Waals surface area contributed by atoms with E-state index < -0.39 is 5.97 Å². The number of amides is 1. The van der Waals surface area contributed by atoms with Crippen molar-refractivity contribution in [3.05, 3.63) is 35.9 Å². The standard InChI is InChI=1S/C21H29N3O3/c1-15(25)24(19-11-18(19)16-5-3-2-4-6-16)17-7-9-23(10-8-17)21(12-20(26)27)13-22-14-21/h2-6,17-19,22H,7-14H2,1H3,(H,26,27)/t18?,19-/m1/s1. The highest BCUT2D eigenvalue weighted by Crippen LogP contribution is 2.46. The lowest BCUT2D eigenvalue weighted by molar-refractivity contribution is -0.142. The number of nitrogens with one attached hydrogen (secondary N) is 1. The third-order valence-corrected chi connectivity index (χ3v) is 6.62. The number of hydrogen-bond acceptors (Lipinski definition) is 4. The van der Waals surface area contributed by atoms with E-state index in [1.165, 1.54) is 5.56 Å². The molecule has 0 bridgehead atoms. The van der Waals surface area contributed by atoms with Gasteiger partial charge in [-0.25, -0.2) is 0 Å². The van der Waals surface area contributed by atoms with Gasteiger partial charge in [-0.3, -0.25) is 14.5 Å². The highest BCUT2D eigenvalue weighted by molar-refractivity contribution is 5.75. The van der Waals surface area contributed by atoms with E-state index >= 15 is 0 Å². The minimum atomic E-state index is -0.729. The first kappa shape index (κ1) is 18.4. The number of hydrogen-bond donors (Lipinski definition) is 2. The van der Waals surface area contributed by atoms with Crippen molar-refractivity contribution < 1.29 is 14.7 Å². The van der Waals surface area contributed by atoms with Crippen LogP contribution in [0.5, 0.6) is 0 Å². The Hall–Kier alpha value is -1.92. The van der Waals surface area contributed by atoms with Gasteiger partial charge in [0.2, 0.25) is 5.91 Å². The van der Waals surface area contributed by atoms with Crippen molar-refractivity contribution in [1.29, 1.82) is 0 Å². The van der Waals surface area contributed by atoms with Gasteiger partial charge < -0.3 is 15.3 Å². The summed E-state index contributed by atoms with van der Waals surface area (Å²) in [6.45, 7) is 4.92. The van der Waals surface area contributed by atoms with Crippen LogP contribution < -0.4 is 5.32 Å². The second-order valence-corrected chi connectivity index (χ2v) is 8.36. The number of carboxylic acids is 1. The van der Waals surface area contributed by atoms with E-state index in [9.17, 15) is 14.7 Å². The third kappa shape index (κ3) is 3.60. The quantitative estimate of drug-likeness (QED) is 0.796. The van der Waals surface area contributed by atoms with Gasteiger partial charge in [0.15, 0.2) is 0 Å². The van der Waals surface area contributed by atoms with Crippen LogP contribution in [0, 0.1) is 0 Å². The maximum absolute atomic E-state index is 12.4. The molecule has 1 unspecified atom stereocenters. The van der Waals surface area contributed by atoms with Gasteiger partial charge in [-0.2, -0.15) is 0 Å². The Kier molecular flexibility index (Phi) is 4.95. The number of nitrogens with zero attached hydrogens (tertiary/aromatic N) is 2. The molecule has 4 rings (SSSR count). The molecule has 1 aromatic rings. The van der Waals surface area contributed by atoms with Crippen LogP contribution in [0.4, 0.5) is 0 Å². The fourth-order valence-corrected chi connectivity index (χ4v) is 5.08. The molecular weight excluding hydrogens is 342 g/mol.